The maximum absolute atomic E-state index is 6.28. The Bertz CT molecular complexity index is 566. The molecule has 0 saturated heterocycles. The van der Waals surface area contributed by atoms with E-state index in [9.17, 15) is 0 Å². The van der Waals surface area contributed by atoms with Gasteiger partial charge in [0.15, 0.2) is 5.75 Å². The Morgan fingerprint density at radius 1 is 1.26 bits per heavy atom. The van der Waals surface area contributed by atoms with Crippen LogP contribution in [-0.2, 0) is 0 Å². The lowest BCUT2D eigenvalue weighted by atomic mass is 9.78. The van der Waals surface area contributed by atoms with Crippen LogP contribution in [0.4, 0.5) is 11.4 Å². The van der Waals surface area contributed by atoms with Crippen LogP contribution in [0, 0.1) is 5.92 Å². The molecular formula is C17H27IN4O. The highest BCUT2D eigenvalue weighted by atomic mass is 127. The lowest BCUT2D eigenvalue weighted by Crippen LogP contribution is -2.18. The number of nitrogens with zero attached hydrogens (tertiary/aromatic N) is 1. The zero-order chi connectivity index (χ0) is 16.7. The van der Waals surface area contributed by atoms with Gasteiger partial charge >= 0.3 is 0 Å². The molecule has 0 spiro atoms. The van der Waals surface area contributed by atoms with Crippen molar-refractivity contribution in [2.24, 2.45) is 9.06 Å². The number of hydrogen-bond donors (Lipinski definition) is 3. The summed E-state index contributed by atoms with van der Waals surface area (Å²) < 4.78 is 4.86. The van der Waals surface area contributed by atoms with Crippen molar-refractivity contribution >= 4 is 32.4 Å². The van der Waals surface area contributed by atoms with E-state index in [4.69, 9.17) is 16.3 Å². The van der Waals surface area contributed by atoms with Gasteiger partial charge < -0.3 is 16.3 Å². The Balaban J connectivity index is 2.02. The Hall–Kier alpha value is -1.15. The van der Waals surface area contributed by atoms with Gasteiger partial charge in [0.05, 0.1) is 10.2 Å². The van der Waals surface area contributed by atoms with Crippen molar-refractivity contribution in [3.63, 3.8) is 0 Å². The molecule has 0 aromatic heterocycles. The van der Waals surface area contributed by atoms with Gasteiger partial charge in [-0.1, -0.05) is 18.2 Å². The molecule has 0 heterocycles. The van der Waals surface area contributed by atoms with Crippen molar-refractivity contribution in [2.75, 3.05) is 23.1 Å². The van der Waals surface area contributed by atoms with Gasteiger partial charge in [-0.25, -0.2) is 0 Å². The minimum atomic E-state index is -0.202. The fraction of sp³-hybridized carbons (Fsp3) is 0.529. The van der Waals surface area contributed by atoms with Gasteiger partial charge in [-0.05, 0) is 56.1 Å². The number of allylic oxidation sites excluding steroid dienone is 2. The summed E-state index contributed by atoms with van der Waals surface area (Å²) in [4.78, 5) is 5.51. The predicted molar refractivity (Wildman–Crippen MR) is 106 cm³/mol. The number of alkyl halides is 1. The Morgan fingerprint density at radius 2 is 2.00 bits per heavy atom. The van der Waals surface area contributed by atoms with Crippen molar-refractivity contribution < 1.29 is 4.84 Å². The molecular weight excluding hydrogens is 403 g/mol. The smallest absolute Gasteiger partial charge is 0.172 e. The molecule has 0 bridgehead atoms. The van der Waals surface area contributed by atoms with Gasteiger partial charge in [0.2, 0.25) is 0 Å². The van der Waals surface area contributed by atoms with Crippen molar-refractivity contribution in [3.05, 3.63) is 29.8 Å². The lowest BCUT2D eigenvalue weighted by Gasteiger charge is -2.28. The number of nitrogen functional groups attached to an aromatic ring is 2. The van der Waals surface area contributed by atoms with Gasteiger partial charge in [0.1, 0.15) is 5.69 Å². The highest BCUT2D eigenvalue weighted by Gasteiger charge is 2.23. The van der Waals surface area contributed by atoms with Gasteiger partial charge in [0, 0.05) is 28.1 Å². The number of benzene rings is 1. The number of nitrogens with two attached hydrogens (primary N) is 2. The SMILES string of the molecule is C/C=C/C1CCC(c2ccc(ONCI=NC)c(N)c2N)CC1. The molecule has 0 atom stereocenters. The summed E-state index contributed by atoms with van der Waals surface area (Å²) in [5.74, 6) is 1.83. The number of halogens is 1. The van der Waals surface area contributed by atoms with Crippen LogP contribution in [0.25, 0.3) is 0 Å². The highest BCUT2D eigenvalue weighted by Crippen LogP contribution is 2.42. The summed E-state index contributed by atoms with van der Waals surface area (Å²) in [5, 5.41) is 0. The third-order valence-corrected chi connectivity index (χ3v) is 5.71. The van der Waals surface area contributed by atoms with Gasteiger partial charge in [-0.15, -0.1) is 5.48 Å². The van der Waals surface area contributed by atoms with Crippen LogP contribution in [0.1, 0.15) is 44.1 Å². The number of rotatable bonds is 6. The zero-order valence-corrected chi connectivity index (χ0v) is 16.0. The average molecular weight is 430 g/mol. The van der Waals surface area contributed by atoms with E-state index >= 15 is 0 Å². The molecule has 128 valence electrons. The summed E-state index contributed by atoms with van der Waals surface area (Å²) in [7, 11) is 1.82. The predicted octanol–water partition coefficient (Wildman–Crippen LogP) is 4.33. The van der Waals surface area contributed by atoms with Crippen molar-refractivity contribution in [3.8, 4) is 5.75 Å². The van der Waals surface area contributed by atoms with Crippen LogP contribution in [0.15, 0.2) is 27.4 Å². The minimum absolute atomic E-state index is 0.202. The zero-order valence-electron chi connectivity index (χ0n) is 13.9. The maximum atomic E-state index is 6.28. The molecule has 5 N–H and O–H groups in total. The fourth-order valence-electron chi connectivity index (χ4n) is 3.16. The topological polar surface area (TPSA) is 85.7 Å². The first-order valence-corrected chi connectivity index (χ1v) is 10.5. The first kappa shape index (κ1) is 18.2. The second kappa shape index (κ2) is 9.22. The molecule has 5 nitrogen and oxygen atoms in total. The average Bonchev–Trinajstić information content (AvgIpc) is 2.57. The van der Waals surface area contributed by atoms with E-state index in [2.05, 4.69) is 33.8 Å². The second-order valence-corrected chi connectivity index (χ2v) is 8.20. The molecule has 1 aliphatic rings. The molecule has 1 aromatic carbocycles. The van der Waals surface area contributed by atoms with E-state index in [1.54, 1.807) is 0 Å². The Morgan fingerprint density at radius 3 is 2.65 bits per heavy atom. The van der Waals surface area contributed by atoms with Gasteiger partial charge in [-0.2, -0.15) is 0 Å². The molecule has 0 aliphatic heterocycles. The maximum Gasteiger partial charge on any atom is 0.172 e. The summed E-state index contributed by atoms with van der Waals surface area (Å²) >= 11 is -0.202. The molecule has 0 radical (unpaired) electrons. The van der Waals surface area contributed by atoms with Crippen LogP contribution in [0.5, 0.6) is 5.75 Å². The monoisotopic (exact) mass is 430 g/mol. The van der Waals surface area contributed by atoms with Crippen LogP contribution in [0.3, 0.4) is 0 Å². The first-order valence-electron chi connectivity index (χ1n) is 8.05. The van der Waals surface area contributed by atoms with Crippen molar-refractivity contribution in [1.29, 1.82) is 0 Å². The standard InChI is InChI=1S/C17H27IN4O/c1-3-4-12-5-7-13(8-6-12)14-9-10-15(17(20)16(14)19)23-22-11-18-21-2/h3-4,9-10,12-13,22H,5-8,11,19-20H2,1-2H3/b4-3+. The summed E-state index contributed by atoms with van der Waals surface area (Å²) in [5.41, 5.74) is 17.7. The van der Waals surface area contributed by atoms with E-state index in [-0.39, 0.29) is 21.0 Å². The third kappa shape index (κ3) is 4.91. The molecule has 1 aliphatic carbocycles. The van der Waals surface area contributed by atoms with Crippen LogP contribution < -0.4 is 21.8 Å². The quantitative estimate of drug-likeness (QED) is 0.119. The van der Waals surface area contributed by atoms with E-state index in [1.165, 1.54) is 31.2 Å². The molecule has 23 heavy (non-hydrogen) atoms. The molecule has 0 unspecified atom stereocenters. The van der Waals surface area contributed by atoms with E-state index in [1.807, 2.05) is 13.1 Å². The van der Waals surface area contributed by atoms with Crippen LogP contribution >= 0.6 is 21.0 Å². The van der Waals surface area contributed by atoms with Crippen LogP contribution in [-0.4, -0.2) is 11.6 Å². The van der Waals surface area contributed by atoms with Crippen molar-refractivity contribution in [1.82, 2.24) is 5.48 Å². The van der Waals surface area contributed by atoms with E-state index < -0.39 is 0 Å². The molecule has 0 amide bonds. The van der Waals surface area contributed by atoms with Crippen LogP contribution in [0.2, 0.25) is 0 Å². The lowest BCUT2D eigenvalue weighted by molar-refractivity contribution is 0.222. The van der Waals surface area contributed by atoms with Gasteiger partial charge in [0.25, 0.3) is 0 Å². The number of nitrogens with one attached hydrogen (secondary N) is 1. The number of hydroxylamine groups is 1. The largest absolute Gasteiger partial charge is 0.406 e. The molecule has 1 fully saturated rings. The molecule has 1 aromatic rings. The summed E-state index contributed by atoms with van der Waals surface area (Å²) in [6.45, 7) is 2.09. The minimum Gasteiger partial charge on any atom is -0.406 e. The van der Waals surface area contributed by atoms with Crippen molar-refractivity contribution in [2.45, 2.75) is 38.5 Å². The Kier molecular flexibility index (Phi) is 7.29. The molecule has 2 rings (SSSR count). The highest BCUT2D eigenvalue weighted by molar-refractivity contribution is 14.2. The number of anilines is 2. The third-order valence-electron chi connectivity index (χ3n) is 4.37. The number of hydrogen-bond acceptors (Lipinski definition) is 5. The van der Waals surface area contributed by atoms with E-state index in [0.29, 0.717) is 29.0 Å². The molecule has 1 saturated carbocycles. The fourth-order valence-corrected chi connectivity index (χ4v) is 3.80. The normalized spacial score (nSPS) is 22.3. The van der Waals surface area contributed by atoms with E-state index in [0.717, 1.165) is 4.55 Å². The summed E-state index contributed by atoms with van der Waals surface area (Å²) in [6, 6.07) is 4.00. The second-order valence-electron chi connectivity index (χ2n) is 5.79. The first-order chi connectivity index (χ1) is 11.2. The summed E-state index contributed by atoms with van der Waals surface area (Å²) in [6.07, 6.45) is 9.25. The Labute approximate surface area is 149 Å². The molecule has 6 heteroatoms. The van der Waals surface area contributed by atoms with Gasteiger partial charge in [-0.3, -0.25) is 3.15 Å².